The van der Waals surface area contributed by atoms with Gasteiger partial charge in [-0.1, -0.05) is 30.3 Å². The third-order valence-electron chi connectivity index (χ3n) is 3.16. The van der Waals surface area contributed by atoms with Crippen molar-refractivity contribution in [2.24, 2.45) is 0 Å². The lowest BCUT2D eigenvalue weighted by Crippen LogP contribution is -2.27. The van der Waals surface area contributed by atoms with Crippen molar-refractivity contribution in [3.8, 4) is 0 Å². The van der Waals surface area contributed by atoms with Crippen molar-refractivity contribution in [3.63, 3.8) is 0 Å². The summed E-state index contributed by atoms with van der Waals surface area (Å²) >= 11 is 0. The van der Waals surface area contributed by atoms with Crippen molar-refractivity contribution in [1.29, 1.82) is 0 Å². The first-order valence-electron chi connectivity index (χ1n) is 5.99. The highest BCUT2D eigenvalue weighted by Crippen LogP contribution is 2.09. The number of aromatic carboxylic acids is 1. The summed E-state index contributed by atoms with van der Waals surface area (Å²) in [6.45, 7) is 3.75. The zero-order valence-electron chi connectivity index (χ0n) is 10.9. The van der Waals surface area contributed by atoms with Crippen LogP contribution in [0.15, 0.2) is 41.2 Å². The standard InChI is InChI=1S/C15H15NO3/c1-10-8-13(15(18)19)11(2)14(17)16(10)9-12-6-4-3-5-7-12/h3-8H,9H2,1-2H3,(H,18,19). The summed E-state index contributed by atoms with van der Waals surface area (Å²) < 4.78 is 1.59. The molecule has 2 aromatic rings. The van der Waals surface area contributed by atoms with Crippen LogP contribution in [0.1, 0.15) is 27.2 Å². The Morgan fingerprint density at radius 1 is 1.21 bits per heavy atom. The Balaban J connectivity index is 2.51. The quantitative estimate of drug-likeness (QED) is 0.917. The Morgan fingerprint density at radius 3 is 2.42 bits per heavy atom. The van der Waals surface area contributed by atoms with Gasteiger partial charge in [-0.3, -0.25) is 4.79 Å². The van der Waals surface area contributed by atoms with Crippen LogP contribution in [0.3, 0.4) is 0 Å². The summed E-state index contributed by atoms with van der Waals surface area (Å²) in [5.41, 5.74) is 1.76. The van der Waals surface area contributed by atoms with E-state index in [1.54, 1.807) is 24.5 Å². The Hall–Kier alpha value is -2.36. The Labute approximate surface area is 110 Å². The summed E-state index contributed by atoms with van der Waals surface area (Å²) in [5.74, 6) is -1.07. The molecule has 0 fully saturated rings. The molecule has 0 spiro atoms. The van der Waals surface area contributed by atoms with Gasteiger partial charge in [0, 0.05) is 11.3 Å². The molecule has 0 aliphatic heterocycles. The minimum absolute atomic E-state index is 0.0758. The first-order chi connectivity index (χ1) is 9.00. The van der Waals surface area contributed by atoms with E-state index in [0.29, 0.717) is 12.2 Å². The molecule has 0 saturated carbocycles. The molecule has 0 aliphatic carbocycles. The van der Waals surface area contributed by atoms with Crippen molar-refractivity contribution in [3.05, 3.63) is 69.1 Å². The Bertz CT molecular complexity index is 672. The molecule has 2 rings (SSSR count). The molecule has 1 heterocycles. The van der Waals surface area contributed by atoms with Gasteiger partial charge in [0.25, 0.3) is 5.56 Å². The molecule has 4 nitrogen and oxygen atoms in total. The topological polar surface area (TPSA) is 59.3 Å². The predicted molar refractivity (Wildman–Crippen MR) is 72.7 cm³/mol. The molecule has 0 bridgehead atoms. The van der Waals surface area contributed by atoms with Crippen molar-refractivity contribution >= 4 is 5.97 Å². The molecular formula is C15H15NO3. The molecule has 0 saturated heterocycles. The maximum atomic E-state index is 12.2. The van der Waals surface area contributed by atoms with Crippen LogP contribution in [0.5, 0.6) is 0 Å². The van der Waals surface area contributed by atoms with Crippen molar-refractivity contribution in [2.45, 2.75) is 20.4 Å². The highest BCUT2D eigenvalue weighted by atomic mass is 16.4. The van der Waals surface area contributed by atoms with E-state index >= 15 is 0 Å². The Morgan fingerprint density at radius 2 is 1.84 bits per heavy atom. The number of carbonyl (C=O) groups is 1. The third-order valence-corrected chi connectivity index (χ3v) is 3.16. The highest BCUT2D eigenvalue weighted by Gasteiger charge is 2.14. The van der Waals surface area contributed by atoms with Crippen LogP contribution in [0, 0.1) is 13.8 Å². The minimum atomic E-state index is -1.07. The van der Waals surface area contributed by atoms with E-state index in [1.807, 2.05) is 30.3 Å². The maximum Gasteiger partial charge on any atom is 0.336 e. The molecule has 0 radical (unpaired) electrons. The minimum Gasteiger partial charge on any atom is -0.478 e. The number of carboxylic acid groups (broad SMARTS) is 1. The summed E-state index contributed by atoms with van der Waals surface area (Å²) in [6, 6.07) is 11.2. The van der Waals surface area contributed by atoms with Crippen LogP contribution in [0.25, 0.3) is 0 Å². The first-order valence-corrected chi connectivity index (χ1v) is 5.99. The van der Waals surface area contributed by atoms with Gasteiger partial charge < -0.3 is 9.67 Å². The first kappa shape index (κ1) is 13.1. The number of rotatable bonds is 3. The third kappa shape index (κ3) is 2.57. The molecule has 1 aromatic heterocycles. The van der Waals surface area contributed by atoms with Crippen LogP contribution in [0.2, 0.25) is 0 Å². The number of hydrogen-bond donors (Lipinski definition) is 1. The SMILES string of the molecule is Cc1c(C(=O)O)cc(C)n(Cc2ccccc2)c1=O. The van der Waals surface area contributed by atoms with Gasteiger partial charge in [-0.25, -0.2) is 4.79 Å². The lowest BCUT2D eigenvalue weighted by molar-refractivity contribution is 0.0695. The van der Waals surface area contributed by atoms with E-state index < -0.39 is 5.97 Å². The predicted octanol–water partition coefficient (Wildman–Crippen LogP) is 2.21. The molecule has 0 amide bonds. The van der Waals surface area contributed by atoms with Gasteiger partial charge in [-0.2, -0.15) is 0 Å². The van der Waals surface area contributed by atoms with Gasteiger partial charge in [0.05, 0.1) is 12.1 Å². The van der Waals surface area contributed by atoms with E-state index in [4.69, 9.17) is 5.11 Å². The Kier molecular flexibility index (Phi) is 3.51. The number of hydrogen-bond acceptors (Lipinski definition) is 2. The molecular weight excluding hydrogens is 242 g/mol. The lowest BCUT2D eigenvalue weighted by atomic mass is 10.1. The van der Waals surface area contributed by atoms with Crippen molar-refractivity contribution in [2.75, 3.05) is 0 Å². The average Bonchev–Trinajstić information content (AvgIpc) is 2.40. The summed E-state index contributed by atoms with van der Waals surface area (Å²) in [6.07, 6.45) is 0. The van der Waals surface area contributed by atoms with Gasteiger partial charge in [0.1, 0.15) is 0 Å². The number of benzene rings is 1. The van der Waals surface area contributed by atoms with Crippen LogP contribution >= 0.6 is 0 Å². The van der Waals surface area contributed by atoms with Crippen molar-refractivity contribution in [1.82, 2.24) is 4.57 Å². The molecule has 0 unspecified atom stereocenters. The number of nitrogens with zero attached hydrogens (tertiary/aromatic N) is 1. The van der Waals surface area contributed by atoms with Gasteiger partial charge in [-0.15, -0.1) is 0 Å². The second-order valence-corrected chi connectivity index (χ2v) is 4.51. The van der Waals surface area contributed by atoms with E-state index in [9.17, 15) is 9.59 Å². The summed E-state index contributed by atoms with van der Waals surface area (Å²) in [5, 5.41) is 9.05. The monoisotopic (exact) mass is 257 g/mol. The van der Waals surface area contributed by atoms with E-state index in [2.05, 4.69) is 0 Å². The number of carboxylic acids is 1. The summed E-state index contributed by atoms with van der Waals surface area (Å²) in [7, 11) is 0. The van der Waals surface area contributed by atoms with Crippen LogP contribution < -0.4 is 5.56 Å². The second kappa shape index (κ2) is 5.10. The molecule has 98 valence electrons. The number of aromatic nitrogens is 1. The number of pyridine rings is 1. The normalized spacial score (nSPS) is 10.4. The fraction of sp³-hybridized carbons (Fsp3) is 0.200. The van der Waals surface area contributed by atoms with Crippen LogP contribution in [-0.2, 0) is 6.54 Å². The molecule has 1 aromatic carbocycles. The van der Waals surface area contributed by atoms with Gasteiger partial charge in [-0.05, 0) is 25.5 Å². The van der Waals surface area contributed by atoms with E-state index in [0.717, 1.165) is 5.56 Å². The molecule has 0 aliphatic rings. The smallest absolute Gasteiger partial charge is 0.336 e. The van der Waals surface area contributed by atoms with Crippen LogP contribution in [0.4, 0.5) is 0 Å². The molecule has 0 atom stereocenters. The van der Waals surface area contributed by atoms with Gasteiger partial charge >= 0.3 is 5.97 Å². The van der Waals surface area contributed by atoms with Gasteiger partial charge in [0.15, 0.2) is 0 Å². The zero-order valence-corrected chi connectivity index (χ0v) is 10.9. The number of aryl methyl sites for hydroxylation is 1. The fourth-order valence-electron chi connectivity index (χ4n) is 2.06. The van der Waals surface area contributed by atoms with E-state index in [-0.39, 0.29) is 16.7 Å². The maximum absolute atomic E-state index is 12.2. The largest absolute Gasteiger partial charge is 0.478 e. The van der Waals surface area contributed by atoms with E-state index in [1.165, 1.54) is 0 Å². The molecule has 19 heavy (non-hydrogen) atoms. The zero-order chi connectivity index (χ0) is 14.0. The summed E-state index contributed by atoms with van der Waals surface area (Å²) in [4.78, 5) is 23.3. The average molecular weight is 257 g/mol. The van der Waals surface area contributed by atoms with Gasteiger partial charge in [0.2, 0.25) is 0 Å². The van der Waals surface area contributed by atoms with Crippen LogP contribution in [-0.4, -0.2) is 15.6 Å². The fourth-order valence-corrected chi connectivity index (χ4v) is 2.06. The van der Waals surface area contributed by atoms with Crippen molar-refractivity contribution < 1.29 is 9.90 Å². The molecule has 1 N–H and O–H groups in total. The highest BCUT2D eigenvalue weighted by molar-refractivity contribution is 5.89. The molecule has 4 heteroatoms. The second-order valence-electron chi connectivity index (χ2n) is 4.51. The lowest BCUT2D eigenvalue weighted by Gasteiger charge is -2.12.